The number of sulfonamides is 1. The van der Waals surface area contributed by atoms with Crippen LogP contribution >= 0.6 is 27.3 Å². The van der Waals surface area contributed by atoms with Gasteiger partial charge in [0.2, 0.25) is 15.9 Å². The number of nitrogens with zero attached hydrogens (tertiary/aromatic N) is 1. The molecule has 0 aromatic carbocycles. The highest BCUT2D eigenvalue weighted by molar-refractivity contribution is 9.11. The number of nitrogens with one attached hydrogen (secondary N) is 1. The first-order chi connectivity index (χ1) is 8.70. The lowest BCUT2D eigenvalue weighted by molar-refractivity contribution is -0.124. The second-order valence-corrected chi connectivity index (χ2v) is 8.92. The minimum Gasteiger partial charge on any atom is -0.359 e. The molecule has 0 aliphatic rings. The minimum absolute atomic E-state index is 0.148. The zero-order valence-corrected chi connectivity index (χ0v) is 14.4. The summed E-state index contributed by atoms with van der Waals surface area (Å²) in [5.74, 6) is -0.572. The van der Waals surface area contributed by atoms with Crippen molar-refractivity contribution in [2.45, 2.75) is 18.7 Å². The molecule has 8 heteroatoms. The van der Waals surface area contributed by atoms with Crippen molar-refractivity contribution in [2.24, 2.45) is 5.92 Å². The normalized spacial score (nSPS) is 13.6. The van der Waals surface area contributed by atoms with Crippen molar-refractivity contribution < 1.29 is 13.2 Å². The average Bonchev–Trinajstić information content (AvgIpc) is 2.67. The number of hydrogen-bond donors (Lipinski definition) is 1. The van der Waals surface area contributed by atoms with Crippen molar-refractivity contribution >= 4 is 43.2 Å². The molecule has 1 unspecified atom stereocenters. The van der Waals surface area contributed by atoms with Crippen LogP contribution in [0.2, 0.25) is 0 Å². The average molecular weight is 369 g/mol. The van der Waals surface area contributed by atoms with E-state index < -0.39 is 15.9 Å². The smallest absolute Gasteiger partial charge is 0.243 e. The zero-order valence-electron chi connectivity index (χ0n) is 11.2. The number of carbonyl (C=O) groups is 1. The molecule has 0 bridgehead atoms. The van der Waals surface area contributed by atoms with Crippen LogP contribution in [0.15, 0.2) is 14.7 Å². The van der Waals surface area contributed by atoms with Gasteiger partial charge in [0.1, 0.15) is 0 Å². The Bertz CT molecular complexity index is 568. The van der Waals surface area contributed by atoms with Gasteiger partial charge in [0, 0.05) is 31.4 Å². The van der Waals surface area contributed by atoms with Gasteiger partial charge in [0.05, 0.1) is 8.68 Å². The van der Waals surface area contributed by atoms with Crippen LogP contribution in [-0.2, 0) is 14.8 Å². The molecule has 1 aromatic rings. The fourth-order valence-electron chi connectivity index (χ4n) is 1.67. The van der Waals surface area contributed by atoms with E-state index in [2.05, 4.69) is 21.2 Å². The summed E-state index contributed by atoms with van der Waals surface area (Å²) in [6, 6.07) is 1.59. The fraction of sp³-hybridized carbons (Fsp3) is 0.545. The van der Waals surface area contributed by atoms with Crippen molar-refractivity contribution in [3.63, 3.8) is 0 Å². The summed E-state index contributed by atoms with van der Waals surface area (Å²) in [5, 5.41) is 2.51. The van der Waals surface area contributed by atoms with Gasteiger partial charge in [0.15, 0.2) is 0 Å². The van der Waals surface area contributed by atoms with Gasteiger partial charge in [-0.05, 0) is 28.9 Å². The molecule has 0 saturated carbocycles. The SMILES string of the molecule is CNC(=O)C(C)CN(C)S(=O)(=O)c1cc(Br)sc1C. The second kappa shape index (κ2) is 6.34. The first-order valence-corrected chi connectivity index (χ1v) is 8.69. The maximum Gasteiger partial charge on any atom is 0.243 e. The van der Waals surface area contributed by atoms with Gasteiger partial charge < -0.3 is 5.32 Å². The van der Waals surface area contributed by atoms with E-state index in [4.69, 9.17) is 0 Å². The number of thiophene rings is 1. The van der Waals surface area contributed by atoms with Crippen molar-refractivity contribution in [3.05, 3.63) is 14.7 Å². The predicted octanol–water partition coefficient (Wildman–Crippen LogP) is 1.82. The van der Waals surface area contributed by atoms with Crippen molar-refractivity contribution in [1.82, 2.24) is 9.62 Å². The molecule has 108 valence electrons. The van der Waals surface area contributed by atoms with E-state index in [0.717, 1.165) is 8.66 Å². The standard InChI is InChI=1S/C11H17BrN2O3S2/c1-7(11(15)13-3)6-14(4)19(16,17)9-5-10(12)18-8(9)2/h5,7H,6H2,1-4H3,(H,13,15). The fourth-order valence-corrected chi connectivity index (χ4v) is 5.31. The lowest BCUT2D eigenvalue weighted by atomic mass is 10.2. The van der Waals surface area contributed by atoms with Crippen LogP contribution in [0.4, 0.5) is 0 Å². The van der Waals surface area contributed by atoms with E-state index in [1.165, 1.54) is 29.7 Å². The van der Waals surface area contributed by atoms with Crippen LogP contribution in [0.3, 0.4) is 0 Å². The first kappa shape index (κ1) is 16.6. The van der Waals surface area contributed by atoms with Gasteiger partial charge in [-0.1, -0.05) is 6.92 Å². The molecule has 0 saturated heterocycles. The van der Waals surface area contributed by atoms with Crippen LogP contribution < -0.4 is 5.32 Å². The van der Waals surface area contributed by atoms with E-state index in [1.54, 1.807) is 19.9 Å². The molecule has 0 radical (unpaired) electrons. The third-order valence-electron chi connectivity index (χ3n) is 2.76. The summed E-state index contributed by atoms with van der Waals surface area (Å²) in [4.78, 5) is 12.5. The Kier molecular flexibility index (Phi) is 5.54. The maximum absolute atomic E-state index is 12.4. The van der Waals surface area contributed by atoms with Gasteiger partial charge >= 0.3 is 0 Å². The van der Waals surface area contributed by atoms with Gasteiger partial charge in [-0.15, -0.1) is 11.3 Å². The molecular weight excluding hydrogens is 352 g/mol. The Balaban J connectivity index is 2.95. The van der Waals surface area contributed by atoms with Crippen molar-refractivity contribution in [3.8, 4) is 0 Å². The lowest BCUT2D eigenvalue weighted by Gasteiger charge is -2.20. The van der Waals surface area contributed by atoms with E-state index in [0.29, 0.717) is 0 Å². The molecule has 0 fully saturated rings. The summed E-state index contributed by atoms with van der Waals surface area (Å²) in [6.07, 6.45) is 0. The van der Waals surface area contributed by atoms with E-state index >= 15 is 0 Å². The largest absolute Gasteiger partial charge is 0.359 e. The third kappa shape index (κ3) is 3.77. The molecule has 0 aliphatic carbocycles. The molecule has 19 heavy (non-hydrogen) atoms. The molecule has 0 aliphatic heterocycles. The highest BCUT2D eigenvalue weighted by Crippen LogP contribution is 2.31. The van der Waals surface area contributed by atoms with Gasteiger partial charge in [-0.25, -0.2) is 12.7 Å². The molecule has 1 aromatic heterocycles. The number of carbonyl (C=O) groups excluding carboxylic acids is 1. The molecule has 1 rings (SSSR count). The Morgan fingerprint density at radius 3 is 2.58 bits per heavy atom. The topological polar surface area (TPSA) is 66.5 Å². The summed E-state index contributed by atoms with van der Waals surface area (Å²) in [5.41, 5.74) is 0. The quantitative estimate of drug-likeness (QED) is 0.861. The Morgan fingerprint density at radius 1 is 1.58 bits per heavy atom. The monoisotopic (exact) mass is 368 g/mol. The maximum atomic E-state index is 12.4. The second-order valence-electron chi connectivity index (χ2n) is 4.27. The molecular formula is C11H17BrN2O3S2. The first-order valence-electron chi connectivity index (χ1n) is 5.64. The number of amides is 1. The number of hydrogen-bond acceptors (Lipinski definition) is 4. The van der Waals surface area contributed by atoms with Crippen molar-refractivity contribution in [2.75, 3.05) is 20.6 Å². The highest BCUT2D eigenvalue weighted by Gasteiger charge is 2.27. The zero-order chi connectivity index (χ0) is 14.8. The molecule has 5 nitrogen and oxygen atoms in total. The predicted molar refractivity (Wildman–Crippen MR) is 79.8 cm³/mol. The summed E-state index contributed by atoms with van der Waals surface area (Å²) >= 11 is 4.66. The Hall–Kier alpha value is -0.440. The molecule has 1 amide bonds. The molecule has 0 spiro atoms. The van der Waals surface area contributed by atoms with Crippen LogP contribution in [-0.4, -0.2) is 39.3 Å². The van der Waals surface area contributed by atoms with Gasteiger partial charge in [0.25, 0.3) is 0 Å². The Labute approximate surface area is 126 Å². The van der Waals surface area contributed by atoms with E-state index in [-0.39, 0.29) is 17.3 Å². The van der Waals surface area contributed by atoms with Crippen LogP contribution in [0.5, 0.6) is 0 Å². The van der Waals surface area contributed by atoms with Gasteiger partial charge in [-0.3, -0.25) is 4.79 Å². The molecule has 1 atom stereocenters. The summed E-state index contributed by atoms with van der Waals surface area (Å²) < 4.78 is 26.8. The molecule has 1 N–H and O–H groups in total. The lowest BCUT2D eigenvalue weighted by Crippen LogP contribution is -2.37. The van der Waals surface area contributed by atoms with Crippen molar-refractivity contribution in [1.29, 1.82) is 0 Å². The highest BCUT2D eigenvalue weighted by atomic mass is 79.9. The molecule has 1 heterocycles. The minimum atomic E-state index is -3.55. The number of rotatable bonds is 5. The number of aryl methyl sites for hydroxylation is 1. The number of halogens is 1. The van der Waals surface area contributed by atoms with E-state index in [1.807, 2.05) is 0 Å². The van der Waals surface area contributed by atoms with E-state index in [9.17, 15) is 13.2 Å². The summed E-state index contributed by atoms with van der Waals surface area (Å²) in [7, 11) is -0.531. The van der Waals surface area contributed by atoms with Crippen LogP contribution in [0.1, 0.15) is 11.8 Å². The van der Waals surface area contributed by atoms with Gasteiger partial charge in [-0.2, -0.15) is 0 Å². The Morgan fingerprint density at radius 2 is 2.16 bits per heavy atom. The van der Waals surface area contributed by atoms with Crippen LogP contribution in [0.25, 0.3) is 0 Å². The third-order valence-corrected chi connectivity index (χ3v) is 6.39. The van der Waals surface area contributed by atoms with Crippen LogP contribution in [0, 0.1) is 12.8 Å². The summed E-state index contributed by atoms with van der Waals surface area (Å²) in [6.45, 7) is 3.61.